The van der Waals surface area contributed by atoms with E-state index in [9.17, 15) is 9.59 Å². The molecule has 8 nitrogen and oxygen atoms in total. The molecule has 0 spiro atoms. The van der Waals surface area contributed by atoms with Gasteiger partial charge in [0, 0.05) is 31.1 Å². The van der Waals surface area contributed by atoms with Crippen LogP contribution in [0.15, 0.2) is 18.2 Å². The van der Waals surface area contributed by atoms with E-state index < -0.39 is 5.54 Å². The maximum Gasteiger partial charge on any atom is 0.271 e. The zero-order chi connectivity index (χ0) is 28.4. The maximum atomic E-state index is 14.3. The normalized spacial score (nSPS) is 26.4. The van der Waals surface area contributed by atoms with E-state index in [1.807, 2.05) is 34.6 Å². The molecule has 1 saturated carbocycles. The van der Waals surface area contributed by atoms with E-state index in [0.29, 0.717) is 42.1 Å². The Kier molecular flexibility index (Phi) is 8.64. The van der Waals surface area contributed by atoms with Gasteiger partial charge in [-0.2, -0.15) is 0 Å². The SMILES string of the molecule is COc1ccc(OC)c2c1cc1n2C[C@](C)(C(=O)NC2CCCCCC2)N(CCCN2C[C@@H](C)C[C@H](C)C2)C1=O. The number of hydrogen-bond donors (Lipinski definition) is 1. The molecule has 220 valence electrons. The second-order valence-electron chi connectivity index (χ2n) is 12.8. The van der Waals surface area contributed by atoms with Crippen LogP contribution in [0.4, 0.5) is 0 Å². The highest BCUT2D eigenvalue weighted by molar-refractivity contribution is 6.05. The Balaban J connectivity index is 1.46. The number of benzene rings is 1. The van der Waals surface area contributed by atoms with E-state index in [0.717, 1.165) is 62.6 Å². The molecule has 0 radical (unpaired) electrons. The lowest BCUT2D eigenvalue weighted by molar-refractivity contribution is -0.133. The summed E-state index contributed by atoms with van der Waals surface area (Å²) in [4.78, 5) is 32.8. The van der Waals surface area contributed by atoms with E-state index >= 15 is 0 Å². The zero-order valence-electron chi connectivity index (χ0n) is 25.1. The molecule has 3 aliphatic rings. The first kappa shape index (κ1) is 28.8. The Bertz CT molecular complexity index is 1210. The number of fused-ring (bicyclic) bond motifs is 3. The van der Waals surface area contributed by atoms with Crippen LogP contribution in [0.25, 0.3) is 10.9 Å². The number of hydrogen-bond acceptors (Lipinski definition) is 5. The van der Waals surface area contributed by atoms with Crippen molar-refractivity contribution in [3.05, 3.63) is 23.9 Å². The summed E-state index contributed by atoms with van der Waals surface area (Å²) < 4.78 is 13.4. The fraction of sp³-hybridized carbons (Fsp3) is 0.688. The zero-order valence-corrected chi connectivity index (χ0v) is 25.1. The van der Waals surface area contributed by atoms with Gasteiger partial charge in [0.2, 0.25) is 5.91 Å². The van der Waals surface area contributed by atoms with Gasteiger partial charge in [-0.15, -0.1) is 0 Å². The number of aromatic nitrogens is 1. The summed E-state index contributed by atoms with van der Waals surface area (Å²) >= 11 is 0. The van der Waals surface area contributed by atoms with Gasteiger partial charge in [-0.1, -0.05) is 39.5 Å². The van der Waals surface area contributed by atoms with Gasteiger partial charge in [-0.3, -0.25) is 9.59 Å². The molecule has 2 amide bonds. The molecule has 2 aliphatic heterocycles. The first-order valence-corrected chi connectivity index (χ1v) is 15.3. The molecule has 5 rings (SSSR count). The number of likely N-dealkylation sites (tertiary alicyclic amines) is 1. The minimum Gasteiger partial charge on any atom is -0.496 e. The molecule has 1 aliphatic carbocycles. The van der Waals surface area contributed by atoms with Gasteiger partial charge in [0.25, 0.3) is 5.91 Å². The van der Waals surface area contributed by atoms with Crippen molar-refractivity contribution in [2.45, 2.75) is 90.3 Å². The number of nitrogens with one attached hydrogen (secondary N) is 1. The van der Waals surface area contributed by atoms with Crippen LogP contribution in [0, 0.1) is 11.8 Å². The second kappa shape index (κ2) is 12.0. The summed E-state index contributed by atoms with van der Waals surface area (Å²) in [7, 11) is 3.27. The monoisotopic (exact) mass is 552 g/mol. The quantitative estimate of drug-likeness (QED) is 0.463. The van der Waals surface area contributed by atoms with Crippen LogP contribution in [0.1, 0.15) is 82.6 Å². The Morgan fingerprint density at radius 2 is 1.65 bits per heavy atom. The number of ether oxygens (including phenoxy) is 2. The van der Waals surface area contributed by atoms with Crippen molar-refractivity contribution < 1.29 is 19.1 Å². The van der Waals surface area contributed by atoms with E-state index in [4.69, 9.17) is 9.47 Å². The van der Waals surface area contributed by atoms with Gasteiger partial charge in [0.05, 0.1) is 26.3 Å². The predicted octanol–water partition coefficient (Wildman–Crippen LogP) is 5.08. The molecule has 8 heteroatoms. The minimum atomic E-state index is -1.01. The first-order chi connectivity index (χ1) is 19.2. The number of piperidine rings is 1. The van der Waals surface area contributed by atoms with Crippen molar-refractivity contribution >= 4 is 22.7 Å². The summed E-state index contributed by atoms with van der Waals surface area (Å²) in [5, 5.41) is 4.21. The fourth-order valence-electron chi connectivity index (χ4n) is 7.50. The predicted molar refractivity (Wildman–Crippen MR) is 158 cm³/mol. The molecule has 2 fully saturated rings. The molecule has 2 aromatic rings. The number of carbonyl (C=O) groups excluding carboxylic acids is 2. The van der Waals surface area contributed by atoms with Gasteiger partial charge in [0.1, 0.15) is 22.7 Å². The molecule has 40 heavy (non-hydrogen) atoms. The Morgan fingerprint density at radius 3 is 2.30 bits per heavy atom. The lowest BCUT2D eigenvalue weighted by Gasteiger charge is -2.45. The highest BCUT2D eigenvalue weighted by Crippen LogP contribution is 2.40. The van der Waals surface area contributed by atoms with E-state index in [2.05, 4.69) is 24.1 Å². The topological polar surface area (TPSA) is 76.0 Å². The average Bonchev–Trinajstić information content (AvgIpc) is 3.11. The van der Waals surface area contributed by atoms with Gasteiger partial charge in [0.15, 0.2) is 0 Å². The van der Waals surface area contributed by atoms with Crippen molar-refractivity contribution in [3.63, 3.8) is 0 Å². The molecule has 1 N–H and O–H groups in total. The summed E-state index contributed by atoms with van der Waals surface area (Å²) in [6.07, 6.45) is 8.85. The third-order valence-corrected chi connectivity index (χ3v) is 9.43. The number of amides is 2. The number of methoxy groups -OCH3 is 2. The number of carbonyl (C=O) groups is 2. The lowest BCUT2D eigenvalue weighted by atomic mass is 9.91. The van der Waals surface area contributed by atoms with Crippen LogP contribution < -0.4 is 14.8 Å². The lowest BCUT2D eigenvalue weighted by Crippen LogP contribution is -2.65. The largest absolute Gasteiger partial charge is 0.496 e. The number of rotatable bonds is 8. The van der Waals surface area contributed by atoms with Crippen molar-refractivity contribution in [2.75, 3.05) is 40.4 Å². The molecular weight excluding hydrogens is 504 g/mol. The summed E-state index contributed by atoms with van der Waals surface area (Å²) in [6, 6.07) is 5.81. The van der Waals surface area contributed by atoms with E-state index in [1.54, 1.807) is 14.2 Å². The van der Waals surface area contributed by atoms with Gasteiger partial charge in [-0.25, -0.2) is 0 Å². The molecule has 1 saturated heterocycles. The summed E-state index contributed by atoms with van der Waals surface area (Å²) in [5.74, 6) is 2.58. The molecule has 0 bridgehead atoms. The van der Waals surface area contributed by atoms with Crippen LogP contribution >= 0.6 is 0 Å². The highest BCUT2D eigenvalue weighted by Gasteiger charge is 2.48. The van der Waals surface area contributed by atoms with Gasteiger partial charge < -0.3 is 29.2 Å². The van der Waals surface area contributed by atoms with Crippen LogP contribution in [0.3, 0.4) is 0 Å². The number of nitrogens with zero attached hydrogens (tertiary/aromatic N) is 3. The van der Waals surface area contributed by atoms with Crippen molar-refractivity contribution in [1.82, 2.24) is 19.7 Å². The van der Waals surface area contributed by atoms with Crippen LogP contribution in [0.2, 0.25) is 0 Å². The molecule has 1 aromatic carbocycles. The van der Waals surface area contributed by atoms with E-state index in [-0.39, 0.29) is 17.9 Å². The first-order valence-electron chi connectivity index (χ1n) is 15.3. The third kappa shape index (κ3) is 5.56. The van der Waals surface area contributed by atoms with Crippen LogP contribution in [-0.2, 0) is 11.3 Å². The molecule has 3 heterocycles. The van der Waals surface area contributed by atoms with Crippen LogP contribution in [0.5, 0.6) is 11.5 Å². The van der Waals surface area contributed by atoms with Crippen molar-refractivity contribution in [2.24, 2.45) is 11.8 Å². The molecule has 3 atom stereocenters. The molecule has 0 unspecified atom stereocenters. The minimum absolute atomic E-state index is 0.0534. The maximum absolute atomic E-state index is 14.3. The fourth-order valence-corrected chi connectivity index (χ4v) is 7.50. The summed E-state index contributed by atoms with van der Waals surface area (Å²) in [6.45, 7) is 10.7. The summed E-state index contributed by atoms with van der Waals surface area (Å²) in [5.41, 5.74) is 0.367. The molecule has 1 aromatic heterocycles. The third-order valence-electron chi connectivity index (χ3n) is 9.43. The smallest absolute Gasteiger partial charge is 0.271 e. The average molecular weight is 553 g/mol. The Labute approximate surface area is 239 Å². The van der Waals surface area contributed by atoms with Crippen molar-refractivity contribution in [1.29, 1.82) is 0 Å². The standard InChI is InChI=1S/C32H48N4O4/c1-22-17-23(2)20-34(19-22)15-10-16-36-30(37)26-18-25-27(39-4)13-14-28(40-5)29(25)35(26)21-32(36,3)31(38)33-24-11-8-6-7-9-12-24/h13-14,18,22-24H,6-12,15-17,19-21H2,1-5H3,(H,33,38)/t22-,23-,32+/m0/s1. The van der Waals surface area contributed by atoms with Crippen LogP contribution in [-0.4, -0.2) is 78.2 Å². The molecular formula is C32H48N4O4. The van der Waals surface area contributed by atoms with Crippen molar-refractivity contribution in [3.8, 4) is 11.5 Å². The van der Waals surface area contributed by atoms with Gasteiger partial charge in [-0.05, 0) is 69.2 Å². The van der Waals surface area contributed by atoms with Gasteiger partial charge >= 0.3 is 0 Å². The highest BCUT2D eigenvalue weighted by atomic mass is 16.5. The van der Waals surface area contributed by atoms with E-state index in [1.165, 1.54) is 19.3 Å². The Hall–Kier alpha value is -2.74. The Morgan fingerprint density at radius 1 is 1.00 bits per heavy atom. The second-order valence-corrected chi connectivity index (χ2v) is 12.8.